The van der Waals surface area contributed by atoms with Gasteiger partial charge in [-0.2, -0.15) is 0 Å². The van der Waals surface area contributed by atoms with Crippen LogP contribution in [0.1, 0.15) is 21.9 Å². The Morgan fingerprint density at radius 2 is 2.00 bits per heavy atom. The first-order chi connectivity index (χ1) is 13.1. The van der Waals surface area contributed by atoms with Crippen molar-refractivity contribution in [1.29, 1.82) is 0 Å². The Hall–Kier alpha value is -3.13. The molecule has 0 atom stereocenters. The first-order valence-corrected chi connectivity index (χ1v) is 9.07. The van der Waals surface area contributed by atoms with Crippen LogP contribution in [0.4, 0.5) is 10.1 Å². The highest BCUT2D eigenvalue weighted by Crippen LogP contribution is 2.26. The average Bonchev–Trinajstić information content (AvgIpc) is 3.28. The number of nitrogens with zero attached hydrogens (tertiary/aromatic N) is 2. The number of thioether (sulfide) groups is 1. The van der Waals surface area contributed by atoms with Gasteiger partial charge in [0.25, 0.3) is 11.1 Å². The van der Waals surface area contributed by atoms with Gasteiger partial charge >= 0.3 is 0 Å². The summed E-state index contributed by atoms with van der Waals surface area (Å²) < 4.78 is 23.9. The number of hydrogen-bond donors (Lipinski definition) is 1. The molecule has 0 aliphatic carbocycles. The zero-order valence-electron chi connectivity index (χ0n) is 14.2. The van der Waals surface area contributed by atoms with Crippen LogP contribution in [0.15, 0.2) is 62.8 Å². The van der Waals surface area contributed by atoms with Crippen molar-refractivity contribution in [2.24, 2.45) is 0 Å². The topological polar surface area (TPSA) is 81.2 Å². The number of benzene rings is 2. The molecular weight excluding hydrogens is 369 g/mol. The first kappa shape index (κ1) is 17.3. The minimum absolute atomic E-state index is 0.142. The maximum Gasteiger partial charge on any atom is 0.277 e. The fourth-order valence-corrected chi connectivity index (χ4v) is 3.10. The molecule has 0 unspecified atom stereocenters. The third-order valence-electron chi connectivity index (χ3n) is 3.73. The van der Waals surface area contributed by atoms with Crippen molar-refractivity contribution in [3.63, 3.8) is 0 Å². The summed E-state index contributed by atoms with van der Waals surface area (Å²) in [7, 11) is 0. The van der Waals surface area contributed by atoms with Gasteiger partial charge in [-0.25, -0.2) is 14.4 Å². The highest BCUT2D eigenvalue weighted by Gasteiger charge is 2.14. The van der Waals surface area contributed by atoms with E-state index in [0.717, 1.165) is 16.7 Å². The number of oxazole rings is 2. The Kier molecular flexibility index (Phi) is 4.64. The van der Waals surface area contributed by atoms with Crippen molar-refractivity contribution in [2.45, 2.75) is 17.9 Å². The molecule has 0 saturated carbocycles. The highest BCUT2D eigenvalue weighted by atomic mass is 32.2. The monoisotopic (exact) mass is 383 g/mol. The van der Waals surface area contributed by atoms with Crippen LogP contribution in [0.5, 0.6) is 0 Å². The van der Waals surface area contributed by atoms with Gasteiger partial charge in [-0.05, 0) is 48.9 Å². The molecule has 0 aliphatic rings. The van der Waals surface area contributed by atoms with E-state index in [0.29, 0.717) is 22.6 Å². The molecule has 0 fully saturated rings. The molecule has 1 N–H and O–H groups in total. The summed E-state index contributed by atoms with van der Waals surface area (Å²) in [5.74, 6) is -0.0555. The molecular formula is C19H14FN3O3S. The Labute approximate surface area is 157 Å². The molecule has 27 heavy (non-hydrogen) atoms. The lowest BCUT2D eigenvalue weighted by Crippen LogP contribution is -2.12. The summed E-state index contributed by atoms with van der Waals surface area (Å²) >= 11 is 1.33. The molecule has 2 aromatic heterocycles. The number of anilines is 1. The van der Waals surface area contributed by atoms with Crippen molar-refractivity contribution < 1.29 is 18.0 Å². The second kappa shape index (κ2) is 7.24. The average molecular weight is 383 g/mol. The van der Waals surface area contributed by atoms with E-state index in [2.05, 4.69) is 15.3 Å². The molecule has 0 bridgehead atoms. The van der Waals surface area contributed by atoms with Gasteiger partial charge in [0.1, 0.15) is 17.6 Å². The summed E-state index contributed by atoms with van der Waals surface area (Å²) in [5, 5.41) is 3.14. The summed E-state index contributed by atoms with van der Waals surface area (Å²) in [5.41, 5.74) is 3.24. The van der Waals surface area contributed by atoms with Crippen LogP contribution in [0.2, 0.25) is 0 Å². The molecule has 0 saturated heterocycles. The maximum atomic E-state index is 12.9. The molecule has 6 nitrogen and oxygen atoms in total. The number of amides is 1. The van der Waals surface area contributed by atoms with Crippen molar-refractivity contribution >= 4 is 34.5 Å². The summed E-state index contributed by atoms with van der Waals surface area (Å²) in [6, 6.07) is 11.3. The second-order valence-corrected chi connectivity index (χ2v) is 6.75. The number of carbonyl (C=O) groups excluding carboxylic acids is 1. The number of fused-ring (bicyclic) bond motifs is 1. The number of rotatable bonds is 5. The van der Waals surface area contributed by atoms with Crippen LogP contribution in [-0.4, -0.2) is 15.9 Å². The lowest BCUT2D eigenvalue weighted by atomic mass is 10.2. The highest BCUT2D eigenvalue weighted by molar-refractivity contribution is 7.98. The molecule has 8 heteroatoms. The van der Waals surface area contributed by atoms with Crippen LogP contribution >= 0.6 is 11.8 Å². The largest absolute Gasteiger partial charge is 0.447 e. The van der Waals surface area contributed by atoms with E-state index in [1.807, 2.05) is 25.1 Å². The molecule has 4 rings (SSSR count). The van der Waals surface area contributed by atoms with Gasteiger partial charge in [-0.15, -0.1) is 0 Å². The van der Waals surface area contributed by atoms with E-state index in [-0.39, 0.29) is 11.5 Å². The van der Waals surface area contributed by atoms with Crippen LogP contribution in [-0.2, 0) is 5.75 Å². The van der Waals surface area contributed by atoms with Gasteiger partial charge in [-0.1, -0.05) is 17.8 Å². The maximum absolute atomic E-state index is 12.9. The molecule has 2 aromatic carbocycles. The number of carbonyl (C=O) groups is 1. The minimum atomic E-state index is -0.432. The first-order valence-electron chi connectivity index (χ1n) is 8.08. The quantitative estimate of drug-likeness (QED) is 0.498. The van der Waals surface area contributed by atoms with Crippen molar-refractivity contribution in [3.05, 3.63) is 71.7 Å². The van der Waals surface area contributed by atoms with Crippen molar-refractivity contribution in [2.75, 3.05) is 5.32 Å². The van der Waals surface area contributed by atoms with Gasteiger partial charge in [0.05, 0.1) is 5.75 Å². The van der Waals surface area contributed by atoms with Gasteiger partial charge in [0, 0.05) is 5.69 Å². The molecule has 0 aliphatic heterocycles. The lowest BCUT2D eigenvalue weighted by Gasteiger charge is -2.01. The molecule has 2 heterocycles. The molecule has 0 spiro atoms. The van der Waals surface area contributed by atoms with Crippen LogP contribution < -0.4 is 5.32 Å². The zero-order chi connectivity index (χ0) is 18.8. The van der Waals surface area contributed by atoms with Gasteiger partial charge in [0.15, 0.2) is 11.3 Å². The fraction of sp³-hybridized carbons (Fsp3) is 0.105. The third-order valence-corrected chi connectivity index (χ3v) is 4.54. The normalized spacial score (nSPS) is 11.0. The van der Waals surface area contributed by atoms with E-state index in [1.165, 1.54) is 42.3 Å². The van der Waals surface area contributed by atoms with Crippen LogP contribution in [0.3, 0.4) is 0 Å². The summed E-state index contributed by atoms with van der Waals surface area (Å²) in [6.45, 7) is 1.99. The number of nitrogens with one attached hydrogen (secondary N) is 1. The van der Waals surface area contributed by atoms with Crippen molar-refractivity contribution in [1.82, 2.24) is 9.97 Å². The summed E-state index contributed by atoms with van der Waals surface area (Å²) in [6.07, 6.45) is 1.28. The third kappa shape index (κ3) is 4.01. The van der Waals surface area contributed by atoms with Gasteiger partial charge < -0.3 is 14.2 Å². The Morgan fingerprint density at radius 3 is 2.81 bits per heavy atom. The molecule has 1 amide bonds. The van der Waals surface area contributed by atoms with E-state index >= 15 is 0 Å². The summed E-state index contributed by atoms with van der Waals surface area (Å²) in [4.78, 5) is 20.7. The van der Waals surface area contributed by atoms with Gasteiger partial charge in [0.2, 0.25) is 5.89 Å². The molecule has 136 valence electrons. The van der Waals surface area contributed by atoms with Crippen LogP contribution in [0.25, 0.3) is 11.1 Å². The van der Waals surface area contributed by atoms with E-state index in [4.69, 9.17) is 8.83 Å². The number of halogens is 1. The SMILES string of the molecule is Cc1ccc2oc(SCc3nc(C(=O)Nc4ccc(F)cc4)co3)nc2c1. The van der Waals surface area contributed by atoms with Crippen LogP contribution in [0, 0.1) is 12.7 Å². The van der Waals surface area contributed by atoms with E-state index in [1.54, 1.807) is 0 Å². The van der Waals surface area contributed by atoms with Crippen molar-refractivity contribution in [3.8, 4) is 0 Å². The number of aromatic nitrogens is 2. The van der Waals surface area contributed by atoms with E-state index in [9.17, 15) is 9.18 Å². The lowest BCUT2D eigenvalue weighted by molar-refractivity contribution is 0.102. The molecule has 4 aromatic rings. The zero-order valence-corrected chi connectivity index (χ0v) is 15.0. The predicted octanol–water partition coefficient (Wildman–Crippen LogP) is 4.81. The standard InChI is InChI=1S/C19H14FN3O3S/c1-11-2-7-16-14(8-11)23-19(26-16)27-10-17-22-15(9-25-17)18(24)21-13-5-3-12(20)4-6-13/h2-9H,10H2,1H3,(H,21,24). The molecule has 0 radical (unpaired) electrons. The minimum Gasteiger partial charge on any atom is -0.447 e. The Bertz CT molecular complexity index is 1110. The number of aryl methyl sites for hydroxylation is 1. The van der Waals surface area contributed by atoms with Gasteiger partial charge in [-0.3, -0.25) is 4.79 Å². The smallest absolute Gasteiger partial charge is 0.277 e. The van der Waals surface area contributed by atoms with E-state index < -0.39 is 5.91 Å². The fourth-order valence-electron chi connectivity index (χ4n) is 2.41. The predicted molar refractivity (Wildman–Crippen MR) is 99.2 cm³/mol. The Morgan fingerprint density at radius 1 is 1.19 bits per heavy atom. The number of hydrogen-bond acceptors (Lipinski definition) is 6. The second-order valence-electron chi connectivity index (χ2n) is 5.83. The Balaban J connectivity index is 1.39.